The Morgan fingerprint density at radius 3 is 2.52 bits per heavy atom. The molecule has 3 nitrogen and oxygen atoms in total. The largest absolute Gasteiger partial charge is 0.341 e. The van der Waals surface area contributed by atoms with Gasteiger partial charge >= 0.3 is 0 Å². The third kappa shape index (κ3) is 3.85. The number of nitrogens with one attached hydrogen (secondary N) is 1. The minimum absolute atomic E-state index is 0.0874. The SMILES string of the molecule is O=C(C1CCCCN1)N1CCC(Cc2ccccc2)CC1. The summed E-state index contributed by atoms with van der Waals surface area (Å²) in [6, 6.07) is 10.8. The molecular weight excluding hydrogens is 260 g/mol. The fourth-order valence-corrected chi connectivity index (χ4v) is 3.59. The molecule has 1 amide bonds. The van der Waals surface area contributed by atoms with E-state index in [-0.39, 0.29) is 6.04 Å². The molecule has 0 saturated carbocycles. The third-order valence-corrected chi connectivity index (χ3v) is 4.90. The molecular formula is C18H26N2O. The van der Waals surface area contributed by atoms with Crippen molar-refractivity contribution in [1.29, 1.82) is 0 Å². The summed E-state index contributed by atoms with van der Waals surface area (Å²) in [6.07, 6.45) is 6.87. The van der Waals surface area contributed by atoms with Gasteiger partial charge in [0.25, 0.3) is 0 Å². The van der Waals surface area contributed by atoms with Crippen LogP contribution in [0.3, 0.4) is 0 Å². The van der Waals surface area contributed by atoms with Crippen molar-refractivity contribution in [3.8, 4) is 0 Å². The highest BCUT2D eigenvalue weighted by atomic mass is 16.2. The van der Waals surface area contributed by atoms with Crippen LogP contribution < -0.4 is 5.32 Å². The molecule has 0 aromatic heterocycles. The van der Waals surface area contributed by atoms with Gasteiger partial charge in [-0.05, 0) is 50.1 Å². The number of nitrogens with zero attached hydrogens (tertiary/aromatic N) is 1. The van der Waals surface area contributed by atoms with Gasteiger partial charge in [0.1, 0.15) is 0 Å². The van der Waals surface area contributed by atoms with Crippen molar-refractivity contribution in [2.45, 2.75) is 44.6 Å². The first-order valence-electron chi connectivity index (χ1n) is 8.39. The fraction of sp³-hybridized carbons (Fsp3) is 0.611. The molecule has 0 spiro atoms. The van der Waals surface area contributed by atoms with Crippen LogP contribution in [0.15, 0.2) is 30.3 Å². The number of carbonyl (C=O) groups excluding carboxylic acids is 1. The molecule has 1 atom stereocenters. The Kier molecular flexibility index (Phi) is 4.91. The van der Waals surface area contributed by atoms with E-state index in [0.717, 1.165) is 51.2 Å². The van der Waals surface area contributed by atoms with Crippen LogP contribution in [0, 0.1) is 5.92 Å². The van der Waals surface area contributed by atoms with Gasteiger partial charge in [-0.3, -0.25) is 4.79 Å². The molecule has 0 aliphatic carbocycles. The van der Waals surface area contributed by atoms with E-state index in [4.69, 9.17) is 0 Å². The van der Waals surface area contributed by atoms with Gasteiger partial charge in [-0.1, -0.05) is 36.8 Å². The second kappa shape index (κ2) is 7.08. The lowest BCUT2D eigenvalue weighted by Gasteiger charge is -2.35. The Bertz CT molecular complexity index is 446. The number of rotatable bonds is 3. The molecule has 1 aromatic rings. The summed E-state index contributed by atoms with van der Waals surface area (Å²) in [5, 5.41) is 3.38. The molecule has 0 radical (unpaired) electrons. The number of hydrogen-bond acceptors (Lipinski definition) is 2. The number of benzene rings is 1. The number of likely N-dealkylation sites (tertiary alicyclic amines) is 1. The van der Waals surface area contributed by atoms with E-state index in [1.807, 2.05) is 0 Å². The first-order chi connectivity index (χ1) is 10.3. The molecule has 0 bridgehead atoms. The first-order valence-corrected chi connectivity index (χ1v) is 8.39. The Hall–Kier alpha value is -1.35. The standard InChI is InChI=1S/C18H26N2O/c21-18(17-8-4-5-11-19-17)20-12-9-16(10-13-20)14-15-6-2-1-3-7-15/h1-3,6-7,16-17,19H,4-5,8-14H2. The highest BCUT2D eigenvalue weighted by Crippen LogP contribution is 2.23. The van der Waals surface area contributed by atoms with Crippen molar-refractivity contribution < 1.29 is 4.79 Å². The maximum absolute atomic E-state index is 12.5. The topological polar surface area (TPSA) is 32.3 Å². The van der Waals surface area contributed by atoms with Crippen molar-refractivity contribution in [2.75, 3.05) is 19.6 Å². The van der Waals surface area contributed by atoms with Crippen molar-refractivity contribution in [2.24, 2.45) is 5.92 Å². The predicted octanol–water partition coefficient (Wildman–Crippen LogP) is 2.61. The van der Waals surface area contributed by atoms with Gasteiger partial charge in [-0.25, -0.2) is 0 Å². The number of amides is 1. The summed E-state index contributed by atoms with van der Waals surface area (Å²) in [5.41, 5.74) is 1.43. The number of piperidine rings is 2. The lowest BCUT2D eigenvalue weighted by molar-refractivity contribution is -0.135. The van der Waals surface area contributed by atoms with Crippen LogP contribution in [0.5, 0.6) is 0 Å². The predicted molar refractivity (Wildman–Crippen MR) is 85.1 cm³/mol. The summed E-state index contributed by atoms with van der Waals surface area (Å²) >= 11 is 0. The van der Waals surface area contributed by atoms with Gasteiger partial charge in [0.15, 0.2) is 0 Å². The van der Waals surface area contributed by atoms with Gasteiger partial charge in [-0.15, -0.1) is 0 Å². The van der Waals surface area contributed by atoms with Crippen LogP contribution in [0.4, 0.5) is 0 Å². The van der Waals surface area contributed by atoms with E-state index in [9.17, 15) is 4.79 Å². The molecule has 2 aliphatic heterocycles. The van der Waals surface area contributed by atoms with Crippen LogP contribution >= 0.6 is 0 Å². The minimum Gasteiger partial charge on any atom is -0.341 e. The lowest BCUT2D eigenvalue weighted by Crippen LogP contribution is -2.50. The summed E-state index contributed by atoms with van der Waals surface area (Å²) in [6.45, 7) is 2.88. The Balaban J connectivity index is 1.47. The monoisotopic (exact) mass is 286 g/mol. The highest BCUT2D eigenvalue weighted by molar-refractivity contribution is 5.82. The maximum atomic E-state index is 12.5. The van der Waals surface area contributed by atoms with Crippen molar-refractivity contribution >= 4 is 5.91 Å². The summed E-state index contributed by atoms with van der Waals surface area (Å²) in [7, 11) is 0. The highest BCUT2D eigenvalue weighted by Gasteiger charge is 2.28. The normalized spacial score (nSPS) is 24.0. The third-order valence-electron chi connectivity index (χ3n) is 4.90. The van der Waals surface area contributed by atoms with Gasteiger partial charge < -0.3 is 10.2 Å². The maximum Gasteiger partial charge on any atom is 0.239 e. The first kappa shape index (κ1) is 14.6. The van der Waals surface area contributed by atoms with Gasteiger partial charge in [-0.2, -0.15) is 0 Å². The molecule has 2 heterocycles. The lowest BCUT2D eigenvalue weighted by atomic mass is 9.89. The molecule has 2 saturated heterocycles. The molecule has 1 unspecified atom stereocenters. The zero-order valence-electron chi connectivity index (χ0n) is 12.8. The van der Waals surface area contributed by atoms with Gasteiger partial charge in [0.05, 0.1) is 6.04 Å². The van der Waals surface area contributed by atoms with Crippen molar-refractivity contribution in [3.05, 3.63) is 35.9 Å². The van der Waals surface area contributed by atoms with E-state index >= 15 is 0 Å². The van der Waals surface area contributed by atoms with Crippen LogP contribution in [0.2, 0.25) is 0 Å². The average Bonchev–Trinajstić information content (AvgIpc) is 2.57. The zero-order chi connectivity index (χ0) is 14.5. The Morgan fingerprint density at radius 1 is 1.10 bits per heavy atom. The van der Waals surface area contributed by atoms with Crippen molar-refractivity contribution in [1.82, 2.24) is 10.2 Å². The molecule has 1 N–H and O–H groups in total. The number of hydrogen-bond donors (Lipinski definition) is 1. The molecule has 2 fully saturated rings. The summed E-state index contributed by atoms with van der Waals surface area (Å²) < 4.78 is 0. The quantitative estimate of drug-likeness (QED) is 0.926. The average molecular weight is 286 g/mol. The van der Waals surface area contributed by atoms with E-state index in [1.54, 1.807) is 0 Å². The van der Waals surface area contributed by atoms with Gasteiger partial charge in [0.2, 0.25) is 5.91 Å². The minimum atomic E-state index is 0.0874. The van der Waals surface area contributed by atoms with E-state index in [1.165, 1.54) is 18.4 Å². The van der Waals surface area contributed by atoms with Crippen LogP contribution in [-0.2, 0) is 11.2 Å². The summed E-state index contributed by atoms with van der Waals surface area (Å²) in [4.78, 5) is 14.6. The second-order valence-corrected chi connectivity index (χ2v) is 6.46. The van der Waals surface area contributed by atoms with Crippen LogP contribution in [-0.4, -0.2) is 36.5 Å². The fourth-order valence-electron chi connectivity index (χ4n) is 3.59. The Morgan fingerprint density at radius 2 is 1.86 bits per heavy atom. The molecule has 2 aliphatic rings. The smallest absolute Gasteiger partial charge is 0.239 e. The number of carbonyl (C=O) groups is 1. The molecule has 1 aromatic carbocycles. The van der Waals surface area contributed by atoms with Crippen LogP contribution in [0.25, 0.3) is 0 Å². The molecule has 3 heteroatoms. The molecule has 21 heavy (non-hydrogen) atoms. The molecule has 114 valence electrons. The van der Waals surface area contributed by atoms with E-state index < -0.39 is 0 Å². The Labute approximate surface area is 127 Å². The zero-order valence-corrected chi connectivity index (χ0v) is 12.8. The van der Waals surface area contributed by atoms with E-state index in [2.05, 4.69) is 40.5 Å². The van der Waals surface area contributed by atoms with Crippen molar-refractivity contribution in [3.63, 3.8) is 0 Å². The van der Waals surface area contributed by atoms with Gasteiger partial charge in [0, 0.05) is 13.1 Å². The van der Waals surface area contributed by atoms with E-state index in [0.29, 0.717) is 5.91 Å². The molecule has 3 rings (SSSR count). The van der Waals surface area contributed by atoms with Crippen LogP contribution in [0.1, 0.15) is 37.7 Å². The second-order valence-electron chi connectivity index (χ2n) is 6.46. The summed E-state index contributed by atoms with van der Waals surface area (Å²) in [5.74, 6) is 1.07.